The van der Waals surface area contributed by atoms with Crippen LogP contribution in [-0.2, 0) is 28.4 Å². The van der Waals surface area contributed by atoms with Crippen molar-refractivity contribution in [2.75, 3.05) is 26.4 Å². The Labute approximate surface area is 154 Å². The molecule has 142 valence electrons. The Hall–Kier alpha value is -1.28. The van der Waals surface area contributed by atoms with Crippen LogP contribution in [0.3, 0.4) is 0 Å². The van der Waals surface area contributed by atoms with Crippen molar-refractivity contribution >= 4 is 0 Å². The van der Waals surface area contributed by atoms with E-state index in [2.05, 4.69) is 6.58 Å². The topological polar surface area (TPSA) is 55.4 Å². The molecule has 1 aromatic carbocycles. The molecule has 1 unspecified atom stereocenters. The fourth-order valence-electron chi connectivity index (χ4n) is 3.62. The van der Waals surface area contributed by atoms with E-state index in [4.69, 9.17) is 28.4 Å². The van der Waals surface area contributed by atoms with Crippen LogP contribution in [0.1, 0.15) is 24.7 Å². The molecule has 0 spiro atoms. The maximum atomic E-state index is 6.22. The predicted molar refractivity (Wildman–Crippen MR) is 93.5 cm³/mol. The maximum absolute atomic E-state index is 6.22. The Kier molecular flexibility index (Phi) is 5.99. The zero-order valence-electron chi connectivity index (χ0n) is 14.8. The van der Waals surface area contributed by atoms with Crippen molar-refractivity contribution in [2.45, 2.75) is 49.8 Å². The first-order valence-electron chi connectivity index (χ1n) is 9.30. The Morgan fingerprint density at radius 1 is 1.00 bits per heavy atom. The Bertz CT molecular complexity index is 579. The molecule has 4 rings (SSSR count). The average Bonchev–Trinajstić information content (AvgIpc) is 2.71. The van der Waals surface area contributed by atoms with Gasteiger partial charge in [0, 0.05) is 5.56 Å². The summed E-state index contributed by atoms with van der Waals surface area (Å²) < 4.78 is 36.1. The summed E-state index contributed by atoms with van der Waals surface area (Å²) >= 11 is 0. The van der Waals surface area contributed by atoms with Crippen molar-refractivity contribution in [1.29, 1.82) is 0 Å². The molecule has 0 radical (unpaired) electrons. The third kappa shape index (κ3) is 3.86. The molecule has 0 aromatic heterocycles. The first-order valence-corrected chi connectivity index (χ1v) is 9.30. The van der Waals surface area contributed by atoms with Crippen molar-refractivity contribution < 1.29 is 28.4 Å². The van der Waals surface area contributed by atoms with Gasteiger partial charge in [-0.15, -0.1) is 6.58 Å². The zero-order chi connectivity index (χ0) is 17.8. The van der Waals surface area contributed by atoms with Gasteiger partial charge in [0.15, 0.2) is 12.6 Å². The number of hydrogen-bond donors (Lipinski definition) is 0. The number of rotatable bonds is 6. The number of fused-ring (bicyclic) bond motifs is 3. The van der Waals surface area contributed by atoms with E-state index in [9.17, 15) is 0 Å². The molecule has 0 amide bonds. The molecule has 26 heavy (non-hydrogen) atoms. The summed E-state index contributed by atoms with van der Waals surface area (Å²) in [7, 11) is 0. The van der Waals surface area contributed by atoms with Gasteiger partial charge in [-0.1, -0.05) is 36.4 Å². The van der Waals surface area contributed by atoms with E-state index in [0.29, 0.717) is 26.4 Å². The summed E-state index contributed by atoms with van der Waals surface area (Å²) in [5.74, 6) is 0. The molecule has 3 heterocycles. The molecule has 3 aliphatic rings. The second kappa shape index (κ2) is 8.61. The van der Waals surface area contributed by atoms with Gasteiger partial charge in [0.2, 0.25) is 0 Å². The minimum Gasteiger partial charge on any atom is -0.370 e. The number of allylic oxidation sites excluding steroid dienone is 1. The number of benzene rings is 1. The first-order chi connectivity index (χ1) is 12.9. The van der Waals surface area contributed by atoms with Crippen LogP contribution >= 0.6 is 0 Å². The predicted octanol–water partition coefficient (Wildman–Crippen LogP) is 2.59. The summed E-state index contributed by atoms with van der Waals surface area (Å²) in [6.07, 6.45) is 1.83. The van der Waals surface area contributed by atoms with Crippen LogP contribution in [0.25, 0.3) is 0 Å². The number of unbranched alkanes of at least 4 members (excludes halogenated alkanes) is 1. The van der Waals surface area contributed by atoms with E-state index in [0.717, 1.165) is 18.4 Å². The van der Waals surface area contributed by atoms with E-state index in [1.807, 2.05) is 36.4 Å². The van der Waals surface area contributed by atoms with Crippen LogP contribution in [0.2, 0.25) is 0 Å². The van der Waals surface area contributed by atoms with E-state index >= 15 is 0 Å². The SMILES string of the molecule is C=CCCCO[C@H]1O[C@@H]2COC(c3ccccc3)O[C@H]2[C@@H]2OCCO[C@@H]12. The average molecular weight is 362 g/mol. The van der Waals surface area contributed by atoms with Crippen LogP contribution < -0.4 is 0 Å². The lowest BCUT2D eigenvalue weighted by atomic mass is 9.96. The molecule has 6 heteroatoms. The minimum atomic E-state index is -0.466. The highest BCUT2D eigenvalue weighted by Gasteiger charge is 2.52. The van der Waals surface area contributed by atoms with E-state index in [1.54, 1.807) is 0 Å². The molecule has 0 bridgehead atoms. The maximum Gasteiger partial charge on any atom is 0.186 e. The molecule has 0 aliphatic carbocycles. The molecule has 0 saturated carbocycles. The van der Waals surface area contributed by atoms with Gasteiger partial charge in [0.1, 0.15) is 24.4 Å². The molecule has 3 fully saturated rings. The van der Waals surface area contributed by atoms with Crippen molar-refractivity contribution in [2.24, 2.45) is 0 Å². The van der Waals surface area contributed by atoms with E-state index < -0.39 is 12.6 Å². The van der Waals surface area contributed by atoms with Gasteiger partial charge in [-0.2, -0.15) is 0 Å². The zero-order valence-corrected chi connectivity index (χ0v) is 14.8. The van der Waals surface area contributed by atoms with Gasteiger partial charge in [-0.05, 0) is 12.8 Å². The lowest BCUT2D eigenvalue weighted by molar-refractivity contribution is -0.381. The first kappa shape index (κ1) is 18.1. The number of ether oxygens (including phenoxy) is 6. The highest BCUT2D eigenvalue weighted by Crippen LogP contribution is 2.37. The minimum absolute atomic E-state index is 0.220. The molecular formula is C20H26O6. The molecule has 0 N–H and O–H groups in total. The van der Waals surface area contributed by atoms with Crippen LogP contribution in [-0.4, -0.2) is 57.1 Å². The second-order valence-electron chi connectivity index (χ2n) is 6.69. The fourth-order valence-corrected chi connectivity index (χ4v) is 3.62. The summed E-state index contributed by atoms with van der Waals surface area (Å²) in [4.78, 5) is 0. The van der Waals surface area contributed by atoms with Crippen molar-refractivity contribution in [3.63, 3.8) is 0 Å². The lowest BCUT2D eigenvalue weighted by Gasteiger charge is -2.50. The standard InChI is InChI=1S/C20H26O6/c1-2-3-7-10-23-20-18-17(21-11-12-22-18)16-15(25-20)13-24-19(26-16)14-8-5-4-6-9-14/h2,4-6,8-9,15-20H,1,3,7,10-13H2/t15-,16-,17+,18-,19?,20+/m1/s1. The van der Waals surface area contributed by atoms with Gasteiger partial charge in [-0.25, -0.2) is 0 Å². The summed E-state index contributed by atoms with van der Waals surface area (Å²) in [5.41, 5.74) is 0.988. The van der Waals surface area contributed by atoms with E-state index in [-0.39, 0.29) is 24.4 Å². The highest BCUT2D eigenvalue weighted by atomic mass is 16.8. The summed E-state index contributed by atoms with van der Waals surface area (Å²) in [6, 6.07) is 9.91. The summed E-state index contributed by atoms with van der Waals surface area (Å²) in [5, 5.41) is 0. The highest BCUT2D eigenvalue weighted by molar-refractivity contribution is 5.16. The normalized spacial score (nSPS) is 36.8. The van der Waals surface area contributed by atoms with E-state index in [1.165, 1.54) is 0 Å². The summed E-state index contributed by atoms with van der Waals surface area (Å²) in [6.45, 7) is 5.84. The molecule has 1 aromatic rings. The van der Waals surface area contributed by atoms with Crippen LogP contribution in [0.5, 0.6) is 0 Å². The molecule has 3 aliphatic heterocycles. The Balaban J connectivity index is 1.44. The van der Waals surface area contributed by atoms with Gasteiger partial charge in [-0.3, -0.25) is 0 Å². The van der Waals surface area contributed by atoms with Crippen LogP contribution in [0.4, 0.5) is 0 Å². The smallest absolute Gasteiger partial charge is 0.186 e. The Morgan fingerprint density at radius 2 is 1.81 bits per heavy atom. The van der Waals surface area contributed by atoms with Gasteiger partial charge in [0.25, 0.3) is 0 Å². The van der Waals surface area contributed by atoms with Gasteiger partial charge < -0.3 is 28.4 Å². The van der Waals surface area contributed by atoms with Crippen LogP contribution in [0.15, 0.2) is 43.0 Å². The van der Waals surface area contributed by atoms with Gasteiger partial charge >= 0.3 is 0 Å². The van der Waals surface area contributed by atoms with Gasteiger partial charge in [0.05, 0.1) is 26.4 Å². The number of hydrogen-bond acceptors (Lipinski definition) is 6. The largest absolute Gasteiger partial charge is 0.370 e. The molecular weight excluding hydrogens is 336 g/mol. The van der Waals surface area contributed by atoms with Crippen molar-refractivity contribution in [3.05, 3.63) is 48.6 Å². The van der Waals surface area contributed by atoms with Crippen LogP contribution in [0, 0.1) is 0 Å². The van der Waals surface area contributed by atoms with Crippen molar-refractivity contribution in [3.8, 4) is 0 Å². The second-order valence-corrected chi connectivity index (χ2v) is 6.69. The quantitative estimate of drug-likeness (QED) is 0.573. The third-order valence-corrected chi connectivity index (χ3v) is 4.89. The molecule has 6 nitrogen and oxygen atoms in total. The Morgan fingerprint density at radius 3 is 2.62 bits per heavy atom. The fraction of sp³-hybridized carbons (Fsp3) is 0.600. The molecule has 6 atom stereocenters. The lowest BCUT2D eigenvalue weighted by Crippen LogP contribution is -2.65. The molecule has 3 saturated heterocycles. The monoisotopic (exact) mass is 362 g/mol. The third-order valence-electron chi connectivity index (χ3n) is 4.89. The van der Waals surface area contributed by atoms with Crippen molar-refractivity contribution in [1.82, 2.24) is 0 Å².